The number of rotatable bonds is 2. The van der Waals surface area contributed by atoms with Crippen molar-refractivity contribution in [1.82, 2.24) is 14.9 Å². The van der Waals surface area contributed by atoms with E-state index in [-0.39, 0.29) is 0 Å². The van der Waals surface area contributed by atoms with Gasteiger partial charge in [0.1, 0.15) is 0 Å². The molecule has 9 nitrogen and oxygen atoms in total. The normalized spacial score (nSPS) is 14.1. The molecule has 1 aliphatic heterocycles. The molecule has 0 aliphatic carbocycles. The summed E-state index contributed by atoms with van der Waals surface area (Å²) in [5, 5.41) is 7.12. The van der Waals surface area contributed by atoms with E-state index in [2.05, 4.69) is 15.0 Å². The van der Waals surface area contributed by atoms with E-state index in [9.17, 15) is 22.8 Å². The molecule has 0 atom stereocenters. The van der Waals surface area contributed by atoms with Crippen LogP contribution in [0.15, 0.2) is 20.6 Å². The number of carbonyl (C=O) groups is 1. The first-order valence-electron chi connectivity index (χ1n) is 5.77. The van der Waals surface area contributed by atoms with Gasteiger partial charge in [-0.2, -0.15) is 13.2 Å². The Bertz CT molecular complexity index is 650. The molecule has 122 valence electrons. The zero-order chi connectivity index (χ0) is 16.9. The highest BCUT2D eigenvalue weighted by Crippen LogP contribution is 2.13. The van der Waals surface area contributed by atoms with Gasteiger partial charge < -0.3 is 20.7 Å². The van der Waals surface area contributed by atoms with Crippen molar-refractivity contribution >= 4 is 11.9 Å². The molecule has 2 heterocycles. The summed E-state index contributed by atoms with van der Waals surface area (Å²) >= 11 is 0. The molecule has 0 unspecified atom stereocenters. The minimum atomic E-state index is -5.08. The number of guanidine groups is 1. The third-order valence-electron chi connectivity index (χ3n) is 2.39. The van der Waals surface area contributed by atoms with Crippen LogP contribution in [0, 0.1) is 0 Å². The maximum absolute atomic E-state index is 11.0. The molecule has 1 aromatic rings. The summed E-state index contributed by atoms with van der Waals surface area (Å²) in [6.45, 7) is 1.76. The number of hydrogen-bond donors (Lipinski definition) is 4. The topological polar surface area (TPSA) is 145 Å². The third-order valence-corrected chi connectivity index (χ3v) is 2.39. The average molecular weight is 323 g/mol. The van der Waals surface area contributed by atoms with Crippen LogP contribution in [0.25, 0.3) is 0 Å². The number of aliphatic carboxylic acids is 1. The molecular weight excluding hydrogens is 311 g/mol. The lowest BCUT2D eigenvalue weighted by Crippen LogP contribution is -2.35. The molecule has 0 amide bonds. The van der Waals surface area contributed by atoms with E-state index in [1.165, 1.54) is 6.07 Å². The van der Waals surface area contributed by atoms with Crippen molar-refractivity contribution in [3.8, 4) is 0 Å². The number of carboxylic acid groups (broad SMARTS) is 1. The molecule has 5 N–H and O–H groups in total. The third kappa shape index (κ3) is 5.30. The number of nitrogens with zero attached hydrogens (tertiary/aromatic N) is 2. The van der Waals surface area contributed by atoms with Crippen LogP contribution in [0.3, 0.4) is 0 Å². The van der Waals surface area contributed by atoms with E-state index < -0.39 is 23.4 Å². The van der Waals surface area contributed by atoms with Gasteiger partial charge in [0.15, 0.2) is 5.96 Å². The van der Waals surface area contributed by atoms with Crippen LogP contribution < -0.4 is 17.0 Å². The molecule has 1 aromatic heterocycles. The number of alkyl halides is 3. The molecular formula is C10H12F3N5O4. The summed E-state index contributed by atoms with van der Waals surface area (Å²) in [5.74, 6) is -2.32. The number of aromatic amines is 2. The number of aliphatic imine (C=N–C) groups is 1. The smallest absolute Gasteiger partial charge is 0.475 e. The van der Waals surface area contributed by atoms with Crippen LogP contribution in [0.1, 0.15) is 5.69 Å². The summed E-state index contributed by atoms with van der Waals surface area (Å²) in [6.07, 6.45) is -5.08. The van der Waals surface area contributed by atoms with Gasteiger partial charge in [0, 0.05) is 18.3 Å². The van der Waals surface area contributed by atoms with Gasteiger partial charge >= 0.3 is 17.8 Å². The van der Waals surface area contributed by atoms with Gasteiger partial charge in [0.05, 0.1) is 13.1 Å². The monoisotopic (exact) mass is 323 g/mol. The lowest BCUT2D eigenvalue weighted by molar-refractivity contribution is -0.192. The molecule has 1 aliphatic rings. The molecule has 0 aromatic carbocycles. The lowest BCUT2D eigenvalue weighted by atomic mass is 10.3. The Labute approximate surface area is 120 Å². The summed E-state index contributed by atoms with van der Waals surface area (Å²) < 4.78 is 31.7. The molecule has 0 bridgehead atoms. The Morgan fingerprint density at radius 2 is 2.00 bits per heavy atom. The first-order valence-corrected chi connectivity index (χ1v) is 5.77. The van der Waals surface area contributed by atoms with E-state index in [4.69, 9.17) is 15.6 Å². The zero-order valence-electron chi connectivity index (χ0n) is 11.0. The second kappa shape index (κ2) is 6.78. The fraction of sp³-hybridized carbons (Fsp3) is 0.400. The Balaban J connectivity index is 0.000000295. The van der Waals surface area contributed by atoms with Crippen LogP contribution in [-0.2, 0) is 11.3 Å². The number of hydrogen-bond acceptors (Lipinski definition) is 6. The Kier molecular flexibility index (Phi) is 5.32. The summed E-state index contributed by atoms with van der Waals surface area (Å²) in [5.41, 5.74) is 5.21. The van der Waals surface area contributed by atoms with Gasteiger partial charge in [-0.1, -0.05) is 0 Å². The van der Waals surface area contributed by atoms with Crippen LogP contribution in [-0.4, -0.2) is 51.2 Å². The van der Waals surface area contributed by atoms with Gasteiger partial charge in [-0.05, 0) is 0 Å². The first-order chi connectivity index (χ1) is 10.1. The van der Waals surface area contributed by atoms with Crippen LogP contribution in [0.5, 0.6) is 0 Å². The first kappa shape index (κ1) is 17.3. The van der Waals surface area contributed by atoms with Crippen molar-refractivity contribution in [2.24, 2.45) is 10.7 Å². The molecule has 12 heteroatoms. The van der Waals surface area contributed by atoms with Crippen molar-refractivity contribution in [2.45, 2.75) is 12.7 Å². The fourth-order valence-corrected chi connectivity index (χ4v) is 1.47. The van der Waals surface area contributed by atoms with E-state index >= 15 is 0 Å². The van der Waals surface area contributed by atoms with E-state index in [1.807, 2.05) is 0 Å². The van der Waals surface area contributed by atoms with E-state index in [0.717, 1.165) is 0 Å². The van der Waals surface area contributed by atoms with Crippen molar-refractivity contribution in [3.63, 3.8) is 0 Å². The second-order valence-electron chi connectivity index (χ2n) is 4.08. The molecule has 2 rings (SSSR count). The van der Waals surface area contributed by atoms with Gasteiger partial charge in [-0.15, -0.1) is 0 Å². The maximum Gasteiger partial charge on any atom is 0.490 e. The second-order valence-corrected chi connectivity index (χ2v) is 4.08. The van der Waals surface area contributed by atoms with Crippen molar-refractivity contribution in [2.75, 3.05) is 13.1 Å². The van der Waals surface area contributed by atoms with Crippen LogP contribution >= 0.6 is 0 Å². The predicted molar refractivity (Wildman–Crippen MR) is 68.3 cm³/mol. The van der Waals surface area contributed by atoms with Gasteiger partial charge in [0.2, 0.25) is 0 Å². The van der Waals surface area contributed by atoms with Crippen LogP contribution in [0.4, 0.5) is 13.2 Å². The van der Waals surface area contributed by atoms with E-state index in [1.54, 1.807) is 4.90 Å². The predicted octanol–water partition coefficient (Wildman–Crippen LogP) is -1.17. The van der Waals surface area contributed by atoms with Gasteiger partial charge in [-0.25, -0.2) is 9.59 Å². The van der Waals surface area contributed by atoms with Crippen LogP contribution in [0.2, 0.25) is 0 Å². The SMILES string of the molecule is NC1=NCCN1Cc1cc(=O)[nH]c(=O)[nH]1.O=C(O)C(F)(F)F. The van der Waals surface area contributed by atoms with Gasteiger partial charge in [-0.3, -0.25) is 14.8 Å². The highest BCUT2D eigenvalue weighted by molar-refractivity contribution is 5.79. The highest BCUT2D eigenvalue weighted by Gasteiger charge is 2.38. The van der Waals surface area contributed by atoms with Crippen molar-refractivity contribution in [3.05, 3.63) is 32.6 Å². The Morgan fingerprint density at radius 3 is 2.41 bits per heavy atom. The summed E-state index contributed by atoms with van der Waals surface area (Å²) in [7, 11) is 0. The average Bonchev–Trinajstić information content (AvgIpc) is 2.73. The number of aromatic nitrogens is 2. The highest BCUT2D eigenvalue weighted by atomic mass is 19.4. The Morgan fingerprint density at radius 1 is 1.41 bits per heavy atom. The number of nitrogens with one attached hydrogen (secondary N) is 2. The quantitative estimate of drug-likeness (QED) is 0.539. The lowest BCUT2D eigenvalue weighted by Gasteiger charge is -2.16. The molecule has 0 radical (unpaired) electrons. The number of H-pyrrole nitrogens is 2. The largest absolute Gasteiger partial charge is 0.490 e. The molecule has 0 saturated carbocycles. The minimum Gasteiger partial charge on any atom is -0.475 e. The molecule has 0 fully saturated rings. The Hall–Kier alpha value is -2.79. The summed E-state index contributed by atoms with van der Waals surface area (Å²) in [4.78, 5) is 41.3. The molecule has 0 spiro atoms. The number of nitrogens with two attached hydrogens (primary N) is 1. The fourth-order valence-electron chi connectivity index (χ4n) is 1.47. The van der Waals surface area contributed by atoms with Crippen molar-refractivity contribution in [1.29, 1.82) is 0 Å². The standard InChI is InChI=1S/C8H11N5O2.C2HF3O2/c9-7-10-1-2-13(7)4-5-3-6(14)12-8(15)11-5;3-2(4,5)1(6)7/h3H,1-2,4H2,(H2,9,10)(H2,11,12,14,15);(H,6,7). The maximum atomic E-state index is 11.0. The zero-order valence-corrected chi connectivity index (χ0v) is 11.0. The molecule has 0 saturated heterocycles. The summed E-state index contributed by atoms with van der Waals surface area (Å²) in [6, 6.07) is 1.34. The minimum absolute atomic E-state index is 0.397. The number of carboxylic acids is 1. The van der Waals surface area contributed by atoms with Gasteiger partial charge in [0.25, 0.3) is 5.56 Å². The van der Waals surface area contributed by atoms with E-state index in [0.29, 0.717) is 31.3 Å². The van der Waals surface area contributed by atoms with Crippen molar-refractivity contribution < 1.29 is 23.1 Å². The number of halogens is 3. The molecule has 22 heavy (non-hydrogen) atoms.